The van der Waals surface area contributed by atoms with Gasteiger partial charge in [-0.1, -0.05) is 24.3 Å². The van der Waals surface area contributed by atoms with E-state index in [9.17, 15) is 13.4 Å². The van der Waals surface area contributed by atoms with E-state index in [1.54, 1.807) is 30.7 Å². The first-order chi connectivity index (χ1) is 13.0. The van der Waals surface area contributed by atoms with Gasteiger partial charge in [0.05, 0.1) is 6.42 Å². The lowest BCUT2D eigenvalue weighted by atomic mass is 10.1. The third-order valence-electron chi connectivity index (χ3n) is 3.65. The van der Waals surface area contributed by atoms with E-state index < -0.39 is 11.0 Å². The summed E-state index contributed by atoms with van der Waals surface area (Å²) in [5.74, 6) is -0.432. The molecule has 1 atom stereocenters. The van der Waals surface area contributed by atoms with E-state index in [-0.39, 0.29) is 18.1 Å². The van der Waals surface area contributed by atoms with Crippen molar-refractivity contribution in [3.8, 4) is 0 Å². The van der Waals surface area contributed by atoms with Crippen molar-refractivity contribution in [1.82, 2.24) is 4.98 Å². The van der Waals surface area contributed by atoms with Gasteiger partial charge in [0.1, 0.15) is 16.8 Å². The van der Waals surface area contributed by atoms with Crippen molar-refractivity contribution in [3.05, 3.63) is 76.5 Å². The molecule has 1 amide bonds. The molecule has 140 valence electrons. The number of benzene rings is 2. The highest BCUT2D eigenvalue weighted by Gasteiger charge is 2.09. The quantitative estimate of drug-likeness (QED) is 0.631. The van der Waals surface area contributed by atoms with Crippen molar-refractivity contribution in [2.24, 2.45) is 0 Å². The fourth-order valence-corrected chi connectivity index (χ4v) is 3.83. The van der Waals surface area contributed by atoms with Crippen molar-refractivity contribution in [2.45, 2.75) is 12.8 Å². The van der Waals surface area contributed by atoms with Gasteiger partial charge in [-0.2, -0.15) is 0 Å². The second-order valence-electron chi connectivity index (χ2n) is 5.92. The average molecular weight is 404 g/mol. The lowest BCUT2D eigenvalue weighted by Crippen LogP contribution is -2.14. The molecule has 0 aliphatic heterocycles. The molecule has 0 bridgehead atoms. The molecule has 1 heterocycles. The van der Waals surface area contributed by atoms with Crippen LogP contribution in [0.15, 0.2) is 54.7 Å². The van der Waals surface area contributed by atoms with Crippen molar-refractivity contribution in [1.29, 1.82) is 0 Å². The Morgan fingerprint density at radius 3 is 2.67 bits per heavy atom. The van der Waals surface area contributed by atoms with E-state index in [1.165, 1.54) is 23.5 Å². The Bertz CT molecular complexity index is 958. The molecule has 0 saturated heterocycles. The van der Waals surface area contributed by atoms with E-state index in [2.05, 4.69) is 15.0 Å². The third-order valence-corrected chi connectivity index (χ3v) is 5.08. The van der Waals surface area contributed by atoms with Gasteiger partial charge in [0.25, 0.3) is 0 Å². The number of carbonyl (C=O) groups excluding carboxylic acids is 1. The number of hydrogen-bond donors (Lipinski definition) is 2. The molecule has 3 rings (SSSR count). The number of anilines is 2. The Balaban J connectivity index is 1.55. The number of halogens is 1. The molecule has 0 spiro atoms. The maximum absolute atomic E-state index is 13.3. The third kappa shape index (κ3) is 5.97. The maximum atomic E-state index is 13.3. The Morgan fingerprint density at radius 1 is 1.19 bits per heavy atom. The summed E-state index contributed by atoms with van der Waals surface area (Å²) in [5.41, 5.74) is 2.44. The van der Waals surface area contributed by atoms with Crippen molar-refractivity contribution in [3.63, 3.8) is 0 Å². The number of amides is 1. The van der Waals surface area contributed by atoms with Crippen molar-refractivity contribution < 1.29 is 13.4 Å². The highest BCUT2D eigenvalue weighted by molar-refractivity contribution is 7.85. The van der Waals surface area contributed by atoms with Crippen LogP contribution in [0.4, 0.5) is 15.2 Å². The van der Waals surface area contributed by atoms with Crippen LogP contribution in [-0.4, -0.2) is 21.4 Å². The van der Waals surface area contributed by atoms with Gasteiger partial charge in [-0.3, -0.25) is 4.79 Å². The van der Waals surface area contributed by atoms with Crippen LogP contribution in [0.5, 0.6) is 0 Å². The minimum atomic E-state index is -1.13. The van der Waals surface area contributed by atoms with E-state index in [0.29, 0.717) is 11.6 Å². The van der Waals surface area contributed by atoms with E-state index in [0.717, 1.165) is 21.7 Å². The standard InChI is InChI=1S/C19H18FN3O2S2/c1-27(25)23-16-7-5-13(6-8-16)11-18(24)22-19-21-12-17(26-19)10-14-3-2-4-15(20)9-14/h2-9,12,23H,10-11H2,1H3,(H,21,22,24). The molecule has 0 aliphatic rings. The average Bonchev–Trinajstić information content (AvgIpc) is 3.03. The largest absolute Gasteiger partial charge is 0.305 e. The first kappa shape index (κ1) is 19.2. The van der Waals surface area contributed by atoms with Crippen LogP contribution in [0.2, 0.25) is 0 Å². The number of nitrogens with zero attached hydrogens (tertiary/aromatic N) is 1. The molecule has 2 aromatic carbocycles. The van der Waals surface area contributed by atoms with Gasteiger partial charge < -0.3 is 10.0 Å². The maximum Gasteiger partial charge on any atom is 0.230 e. The number of hydrogen-bond acceptors (Lipinski definition) is 4. The van der Waals surface area contributed by atoms with Crippen LogP contribution in [0.3, 0.4) is 0 Å². The molecule has 3 aromatic rings. The second-order valence-corrected chi connectivity index (χ2v) is 8.14. The molecule has 1 aromatic heterocycles. The lowest BCUT2D eigenvalue weighted by Gasteiger charge is -2.05. The first-order valence-corrected chi connectivity index (χ1v) is 10.5. The molecule has 0 saturated carbocycles. The van der Waals surface area contributed by atoms with Crippen LogP contribution in [0.25, 0.3) is 0 Å². The normalized spacial score (nSPS) is 11.8. The molecule has 27 heavy (non-hydrogen) atoms. The minimum Gasteiger partial charge on any atom is -0.305 e. The minimum absolute atomic E-state index is 0.165. The zero-order chi connectivity index (χ0) is 19.2. The number of thiazole rings is 1. The summed E-state index contributed by atoms with van der Waals surface area (Å²) in [7, 11) is -1.13. The van der Waals surface area contributed by atoms with Gasteiger partial charge in [-0.05, 0) is 35.4 Å². The molecule has 5 nitrogen and oxygen atoms in total. The molecule has 1 unspecified atom stereocenters. The topological polar surface area (TPSA) is 71.1 Å². The molecule has 2 N–H and O–H groups in total. The monoisotopic (exact) mass is 403 g/mol. The van der Waals surface area contributed by atoms with E-state index >= 15 is 0 Å². The summed E-state index contributed by atoms with van der Waals surface area (Å²) in [5, 5.41) is 3.30. The van der Waals surface area contributed by atoms with Gasteiger partial charge in [-0.15, -0.1) is 11.3 Å². The van der Waals surface area contributed by atoms with Crippen molar-refractivity contribution >= 4 is 39.0 Å². The summed E-state index contributed by atoms with van der Waals surface area (Å²) >= 11 is 1.37. The lowest BCUT2D eigenvalue weighted by molar-refractivity contribution is -0.115. The Morgan fingerprint density at radius 2 is 1.96 bits per heavy atom. The summed E-state index contributed by atoms with van der Waals surface area (Å²) < 4.78 is 27.2. The summed E-state index contributed by atoms with van der Waals surface area (Å²) in [6.45, 7) is 0. The number of carbonyl (C=O) groups is 1. The first-order valence-electron chi connectivity index (χ1n) is 8.16. The Labute approximate surface area is 163 Å². The number of aromatic nitrogens is 1. The van der Waals surface area contributed by atoms with Crippen LogP contribution < -0.4 is 10.0 Å². The zero-order valence-corrected chi connectivity index (χ0v) is 16.2. The summed E-state index contributed by atoms with van der Waals surface area (Å²) in [6.07, 6.45) is 4.03. The molecule has 0 aliphatic carbocycles. The SMILES string of the molecule is CS(=O)Nc1ccc(CC(=O)Nc2ncc(Cc3cccc(F)c3)s2)cc1. The van der Waals surface area contributed by atoms with Crippen LogP contribution in [0, 0.1) is 5.82 Å². The predicted octanol–water partition coefficient (Wildman–Crippen LogP) is 3.76. The highest BCUT2D eigenvalue weighted by Crippen LogP contribution is 2.22. The van der Waals surface area contributed by atoms with E-state index in [1.807, 2.05) is 18.2 Å². The van der Waals surface area contributed by atoms with Gasteiger partial charge >= 0.3 is 0 Å². The molecule has 0 radical (unpaired) electrons. The van der Waals surface area contributed by atoms with Crippen molar-refractivity contribution in [2.75, 3.05) is 16.3 Å². The molecule has 0 fully saturated rings. The molecular formula is C19H18FN3O2S2. The zero-order valence-electron chi connectivity index (χ0n) is 14.6. The summed E-state index contributed by atoms with van der Waals surface area (Å²) in [4.78, 5) is 17.4. The van der Waals surface area contributed by atoms with Crippen LogP contribution >= 0.6 is 11.3 Å². The van der Waals surface area contributed by atoms with Gasteiger partial charge in [0, 0.05) is 29.4 Å². The fraction of sp³-hybridized carbons (Fsp3) is 0.158. The van der Waals surface area contributed by atoms with Gasteiger partial charge in [0.15, 0.2) is 5.13 Å². The fourth-order valence-electron chi connectivity index (χ4n) is 2.50. The predicted molar refractivity (Wildman–Crippen MR) is 108 cm³/mol. The van der Waals surface area contributed by atoms with Crippen LogP contribution in [-0.2, 0) is 28.6 Å². The smallest absolute Gasteiger partial charge is 0.230 e. The second kappa shape index (κ2) is 8.88. The van der Waals surface area contributed by atoms with Gasteiger partial charge in [-0.25, -0.2) is 13.6 Å². The Hall–Kier alpha value is -2.58. The molecular weight excluding hydrogens is 385 g/mol. The van der Waals surface area contributed by atoms with Gasteiger partial charge in [0.2, 0.25) is 5.91 Å². The number of nitrogens with one attached hydrogen (secondary N) is 2. The highest BCUT2D eigenvalue weighted by atomic mass is 32.2. The Kier molecular flexibility index (Phi) is 6.31. The molecule has 8 heteroatoms. The van der Waals surface area contributed by atoms with E-state index in [4.69, 9.17) is 0 Å². The van der Waals surface area contributed by atoms with Crippen LogP contribution in [0.1, 0.15) is 16.0 Å². The summed E-state index contributed by atoms with van der Waals surface area (Å²) in [6, 6.07) is 13.6. The number of rotatable bonds is 7.